The molecule has 3 atom stereocenters. The third-order valence-corrected chi connectivity index (χ3v) is 6.08. The van der Waals surface area contributed by atoms with E-state index in [4.69, 9.17) is 0 Å². The third kappa shape index (κ3) is 4.00. The maximum Gasteiger partial charge on any atom is 0.243 e. The van der Waals surface area contributed by atoms with Gasteiger partial charge in [0.15, 0.2) is 0 Å². The van der Waals surface area contributed by atoms with E-state index in [1.54, 1.807) is 11.9 Å². The van der Waals surface area contributed by atoms with Gasteiger partial charge in [-0.25, -0.2) is 0 Å². The molecule has 0 aliphatic heterocycles. The van der Waals surface area contributed by atoms with Crippen LogP contribution in [0.15, 0.2) is 22.7 Å². The minimum absolute atomic E-state index is 0.0928. The van der Waals surface area contributed by atoms with E-state index >= 15 is 0 Å². The van der Waals surface area contributed by atoms with Crippen LogP contribution >= 0.6 is 15.9 Å². The van der Waals surface area contributed by atoms with Gasteiger partial charge < -0.3 is 10.2 Å². The van der Waals surface area contributed by atoms with Crippen LogP contribution in [-0.4, -0.2) is 30.3 Å². The molecule has 2 aliphatic carbocycles. The summed E-state index contributed by atoms with van der Waals surface area (Å²) in [4.78, 5) is 26.2. The standard InChI is InChI=1S/C19H25BrN2O2/c1-12-7-16(20)5-6-17(12)21-18(23)11-22(2)19(24)10-15-9-13-3-4-14(15)8-13/h5-7,13-15H,3-4,8-11H2,1-2H3,(H,21,23)/t13-,14+,15+/m0/s1. The first-order chi connectivity index (χ1) is 11.4. The SMILES string of the molecule is Cc1cc(Br)ccc1NC(=O)CN(C)C(=O)C[C@H]1C[C@H]2CC[C@@H]1C2. The van der Waals surface area contributed by atoms with Crippen LogP contribution in [0.5, 0.6) is 0 Å². The van der Waals surface area contributed by atoms with Crippen molar-refractivity contribution in [2.45, 2.75) is 39.0 Å². The normalized spacial score (nSPS) is 24.9. The van der Waals surface area contributed by atoms with Crippen molar-refractivity contribution in [3.63, 3.8) is 0 Å². The van der Waals surface area contributed by atoms with Crippen LogP contribution in [0.3, 0.4) is 0 Å². The molecule has 1 aromatic rings. The zero-order valence-corrected chi connectivity index (χ0v) is 15.9. The number of halogens is 1. The Morgan fingerprint density at radius 1 is 1.29 bits per heavy atom. The summed E-state index contributed by atoms with van der Waals surface area (Å²) in [6.45, 7) is 2.06. The summed E-state index contributed by atoms with van der Waals surface area (Å²) in [5.41, 5.74) is 1.78. The highest BCUT2D eigenvalue weighted by atomic mass is 79.9. The second-order valence-corrected chi connectivity index (χ2v) is 8.31. The first-order valence-electron chi connectivity index (χ1n) is 8.72. The van der Waals surface area contributed by atoms with Crippen LogP contribution in [-0.2, 0) is 9.59 Å². The molecule has 0 spiro atoms. The topological polar surface area (TPSA) is 49.4 Å². The number of carbonyl (C=O) groups is 2. The minimum atomic E-state index is -0.149. The van der Waals surface area contributed by atoms with Gasteiger partial charge in [-0.15, -0.1) is 0 Å². The average Bonchev–Trinajstić information content (AvgIpc) is 3.12. The molecule has 130 valence electrons. The number of nitrogens with one attached hydrogen (secondary N) is 1. The second-order valence-electron chi connectivity index (χ2n) is 7.40. The number of hydrogen-bond acceptors (Lipinski definition) is 2. The van der Waals surface area contributed by atoms with Crippen LogP contribution < -0.4 is 5.32 Å². The van der Waals surface area contributed by atoms with Crippen molar-refractivity contribution >= 4 is 33.4 Å². The van der Waals surface area contributed by atoms with Crippen LogP contribution in [0.2, 0.25) is 0 Å². The lowest BCUT2D eigenvalue weighted by Crippen LogP contribution is -2.36. The Morgan fingerprint density at radius 3 is 2.71 bits per heavy atom. The van der Waals surface area contributed by atoms with Gasteiger partial charge in [0.1, 0.15) is 0 Å². The maximum absolute atomic E-state index is 12.4. The second kappa shape index (κ2) is 7.26. The molecule has 0 unspecified atom stereocenters. The maximum atomic E-state index is 12.4. The molecule has 2 bridgehead atoms. The van der Waals surface area contributed by atoms with Gasteiger partial charge in [0.2, 0.25) is 11.8 Å². The predicted octanol–water partition coefficient (Wildman–Crippen LogP) is 3.98. The Kier molecular flexibility index (Phi) is 5.28. The number of benzene rings is 1. The van der Waals surface area contributed by atoms with Crippen molar-refractivity contribution in [1.82, 2.24) is 4.90 Å². The number of anilines is 1. The Morgan fingerprint density at radius 2 is 2.08 bits per heavy atom. The summed E-state index contributed by atoms with van der Waals surface area (Å²) >= 11 is 3.41. The Balaban J connectivity index is 1.49. The molecule has 5 heteroatoms. The van der Waals surface area contributed by atoms with Crippen molar-refractivity contribution in [2.24, 2.45) is 17.8 Å². The van der Waals surface area contributed by atoms with E-state index < -0.39 is 0 Å². The Labute approximate surface area is 152 Å². The average molecular weight is 393 g/mol. The number of hydrogen-bond donors (Lipinski definition) is 1. The van der Waals surface area contributed by atoms with Crippen LogP contribution in [0.1, 0.15) is 37.7 Å². The molecule has 0 aromatic heterocycles. The highest BCUT2D eigenvalue weighted by Crippen LogP contribution is 2.49. The first kappa shape index (κ1) is 17.5. The van der Waals surface area contributed by atoms with Gasteiger partial charge in [-0.05, 0) is 67.7 Å². The van der Waals surface area contributed by atoms with E-state index in [9.17, 15) is 9.59 Å². The van der Waals surface area contributed by atoms with Gasteiger partial charge in [0, 0.05) is 23.6 Å². The molecule has 0 saturated heterocycles. The molecule has 0 radical (unpaired) electrons. The molecule has 2 saturated carbocycles. The number of fused-ring (bicyclic) bond motifs is 2. The molecule has 24 heavy (non-hydrogen) atoms. The van der Waals surface area contributed by atoms with Gasteiger partial charge in [-0.3, -0.25) is 9.59 Å². The number of amides is 2. The van der Waals surface area contributed by atoms with E-state index in [-0.39, 0.29) is 18.4 Å². The number of likely N-dealkylation sites (N-methyl/N-ethyl adjacent to an activating group) is 1. The zero-order chi connectivity index (χ0) is 17.3. The van der Waals surface area contributed by atoms with Crippen molar-refractivity contribution in [2.75, 3.05) is 18.9 Å². The van der Waals surface area contributed by atoms with E-state index in [1.165, 1.54) is 25.7 Å². The van der Waals surface area contributed by atoms with Gasteiger partial charge in [0.05, 0.1) is 6.54 Å². The fourth-order valence-corrected chi connectivity index (χ4v) is 4.74. The third-order valence-electron chi connectivity index (χ3n) is 5.59. The molecule has 0 heterocycles. The van der Waals surface area contributed by atoms with Gasteiger partial charge in [-0.1, -0.05) is 22.4 Å². The molecular formula is C19H25BrN2O2. The summed E-state index contributed by atoms with van der Waals surface area (Å²) in [7, 11) is 1.73. The minimum Gasteiger partial charge on any atom is -0.336 e. The molecule has 2 amide bonds. The molecule has 2 fully saturated rings. The highest BCUT2D eigenvalue weighted by molar-refractivity contribution is 9.10. The molecule has 1 N–H and O–H groups in total. The molecule has 2 aliphatic rings. The largest absolute Gasteiger partial charge is 0.336 e. The lowest BCUT2D eigenvalue weighted by molar-refractivity contribution is -0.134. The molecular weight excluding hydrogens is 368 g/mol. The first-order valence-corrected chi connectivity index (χ1v) is 9.51. The molecule has 4 nitrogen and oxygen atoms in total. The van der Waals surface area contributed by atoms with Crippen molar-refractivity contribution in [3.05, 3.63) is 28.2 Å². The Bertz CT molecular complexity index is 646. The monoisotopic (exact) mass is 392 g/mol. The summed E-state index contributed by atoms with van der Waals surface area (Å²) in [5.74, 6) is 2.07. The molecule has 1 aromatic carbocycles. The number of nitrogens with zero attached hydrogens (tertiary/aromatic N) is 1. The van der Waals surface area contributed by atoms with Crippen LogP contribution in [0.4, 0.5) is 5.69 Å². The fraction of sp³-hybridized carbons (Fsp3) is 0.579. The van der Waals surface area contributed by atoms with Gasteiger partial charge in [-0.2, -0.15) is 0 Å². The fourth-order valence-electron chi connectivity index (χ4n) is 4.27. The van der Waals surface area contributed by atoms with Gasteiger partial charge >= 0.3 is 0 Å². The smallest absolute Gasteiger partial charge is 0.243 e. The van der Waals surface area contributed by atoms with E-state index in [1.807, 2.05) is 25.1 Å². The number of aryl methyl sites for hydroxylation is 1. The summed E-state index contributed by atoms with van der Waals surface area (Å²) in [6, 6.07) is 5.72. The highest BCUT2D eigenvalue weighted by Gasteiger charge is 2.40. The summed E-state index contributed by atoms with van der Waals surface area (Å²) in [5, 5.41) is 2.89. The van der Waals surface area contributed by atoms with E-state index in [0.717, 1.165) is 27.6 Å². The lowest BCUT2D eigenvalue weighted by Gasteiger charge is -2.24. The predicted molar refractivity (Wildman–Crippen MR) is 98.7 cm³/mol. The van der Waals surface area contributed by atoms with Crippen LogP contribution in [0.25, 0.3) is 0 Å². The van der Waals surface area contributed by atoms with Gasteiger partial charge in [0.25, 0.3) is 0 Å². The zero-order valence-electron chi connectivity index (χ0n) is 14.3. The molecule has 3 rings (SSSR count). The van der Waals surface area contributed by atoms with E-state index in [2.05, 4.69) is 21.2 Å². The lowest BCUT2D eigenvalue weighted by atomic mass is 9.86. The number of carbonyl (C=O) groups excluding carboxylic acids is 2. The van der Waals surface area contributed by atoms with Crippen molar-refractivity contribution in [3.8, 4) is 0 Å². The quantitative estimate of drug-likeness (QED) is 0.823. The van der Waals surface area contributed by atoms with Crippen molar-refractivity contribution in [1.29, 1.82) is 0 Å². The Hall–Kier alpha value is -1.36. The summed E-state index contributed by atoms with van der Waals surface area (Å²) < 4.78 is 0.983. The van der Waals surface area contributed by atoms with E-state index in [0.29, 0.717) is 12.3 Å². The van der Waals surface area contributed by atoms with Crippen LogP contribution in [0, 0.1) is 24.7 Å². The van der Waals surface area contributed by atoms with Crippen molar-refractivity contribution < 1.29 is 9.59 Å². The number of rotatable bonds is 5. The summed E-state index contributed by atoms with van der Waals surface area (Å²) in [6.07, 6.45) is 5.75.